The summed E-state index contributed by atoms with van der Waals surface area (Å²) in [6, 6.07) is 4.06. The van der Waals surface area contributed by atoms with Crippen LogP contribution in [0.4, 0.5) is 18.9 Å². The second-order valence-corrected chi connectivity index (χ2v) is 7.76. The molecule has 1 amide bonds. The van der Waals surface area contributed by atoms with Gasteiger partial charge in [0.15, 0.2) is 5.82 Å². The van der Waals surface area contributed by atoms with Gasteiger partial charge in [0.2, 0.25) is 11.7 Å². The molecule has 0 aliphatic carbocycles. The molecule has 4 rings (SSSR count). The Kier molecular flexibility index (Phi) is 6.26. The zero-order valence-electron chi connectivity index (χ0n) is 17.4. The van der Waals surface area contributed by atoms with E-state index in [0.717, 1.165) is 28.3 Å². The van der Waals surface area contributed by atoms with Gasteiger partial charge in [-0.3, -0.25) is 9.59 Å². The van der Waals surface area contributed by atoms with Crippen molar-refractivity contribution in [1.29, 1.82) is 0 Å². The SMILES string of the molecule is CCc1cc(=O)n2nc(C3=CCOCC3)nc2n1CC(=O)Nc1ccc(C(F)(F)F)cc1Cl. The Bertz CT molecular complexity index is 1310. The van der Waals surface area contributed by atoms with Crippen molar-refractivity contribution in [2.24, 2.45) is 0 Å². The Morgan fingerprint density at radius 1 is 1.30 bits per heavy atom. The summed E-state index contributed by atoms with van der Waals surface area (Å²) in [5, 5.41) is 6.57. The fraction of sp³-hybridized carbons (Fsp3) is 0.333. The standard InChI is InChI=1S/C21H19ClF3N5O3/c1-2-14-10-18(32)30-20(27-19(28-30)12-5-7-33-8-6-12)29(14)11-17(31)26-16-4-3-13(9-15(16)22)21(23,24)25/h3-5,9-10H,2,6-8,11H2,1H3,(H,26,31). The van der Waals surface area contributed by atoms with E-state index in [1.165, 1.54) is 6.07 Å². The van der Waals surface area contributed by atoms with Crippen molar-refractivity contribution in [1.82, 2.24) is 19.2 Å². The molecular formula is C21H19ClF3N5O3. The first kappa shape index (κ1) is 23.0. The molecule has 1 aliphatic heterocycles. The zero-order chi connectivity index (χ0) is 23.8. The highest BCUT2D eigenvalue weighted by Gasteiger charge is 2.31. The van der Waals surface area contributed by atoms with E-state index in [-0.39, 0.29) is 28.6 Å². The summed E-state index contributed by atoms with van der Waals surface area (Å²) in [6.45, 7) is 2.52. The first-order valence-electron chi connectivity index (χ1n) is 10.1. The first-order valence-corrected chi connectivity index (χ1v) is 10.5. The minimum atomic E-state index is -4.55. The van der Waals surface area contributed by atoms with Gasteiger partial charge in [-0.2, -0.15) is 22.7 Å². The van der Waals surface area contributed by atoms with E-state index in [2.05, 4.69) is 15.4 Å². The molecule has 1 N–H and O–H groups in total. The zero-order valence-corrected chi connectivity index (χ0v) is 18.2. The van der Waals surface area contributed by atoms with Gasteiger partial charge in [-0.1, -0.05) is 24.6 Å². The average molecular weight is 482 g/mol. The molecule has 1 aliphatic rings. The summed E-state index contributed by atoms with van der Waals surface area (Å²) >= 11 is 5.94. The minimum Gasteiger partial charge on any atom is -0.377 e. The van der Waals surface area contributed by atoms with Gasteiger partial charge in [0, 0.05) is 11.8 Å². The molecule has 3 heterocycles. The van der Waals surface area contributed by atoms with Gasteiger partial charge in [0.1, 0.15) is 6.54 Å². The van der Waals surface area contributed by atoms with E-state index < -0.39 is 17.6 Å². The number of halogens is 4. The number of carbonyl (C=O) groups is 1. The lowest BCUT2D eigenvalue weighted by Gasteiger charge is -2.14. The molecule has 0 saturated heterocycles. The van der Waals surface area contributed by atoms with Gasteiger partial charge in [0.25, 0.3) is 5.56 Å². The van der Waals surface area contributed by atoms with Crippen LogP contribution in [0.1, 0.15) is 30.4 Å². The number of benzene rings is 1. The van der Waals surface area contributed by atoms with E-state index in [4.69, 9.17) is 16.3 Å². The summed E-state index contributed by atoms with van der Waals surface area (Å²) in [6.07, 6.45) is -1.67. The van der Waals surface area contributed by atoms with Crippen LogP contribution in [0.2, 0.25) is 5.02 Å². The molecule has 0 spiro atoms. The third kappa shape index (κ3) is 4.79. The Morgan fingerprint density at radius 2 is 2.09 bits per heavy atom. The van der Waals surface area contributed by atoms with E-state index in [9.17, 15) is 22.8 Å². The van der Waals surface area contributed by atoms with Crippen molar-refractivity contribution in [3.63, 3.8) is 0 Å². The lowest BCUT2D eigenvalue weighted by molar-refractivity contribution is -0.137. The van der Waals surface area contributed by atoms with Crippen molar-refractivity contribution >= 4 is 34.5 Å². The predicted octanol–water partition coefficient (Wildman–Crippen LogP) is 3.57. The number of fused-ring (bicyclic) bond motifs is 1. The van der Waals surface area contributed by atoms with E-state index in [1.54, 1.807) is 4.57 Å². The third-order valence-electron chi connectivity index (χ3n) is 5.16. The largest absolute Gasteiger partial charge is 0.416 e. The second-order valence-electron chi connectivity index (χ2n) is 7.36. The number of hydrogen-bond acceptors (Lipinski definition) is 5. The molecule has 174 valence electrons. The molecule has 0 radical (unpaired) electrons. The van der Waals surface area contributed by atoms with Crippen LogP contribution in [0.5, 0.6) is 0 Å². The van der Waals surface area contributed by atoms with Gasteiger partial charge in [-0.25, -0.2) is 0 Å². The number of amides is 1. The van der Waals surface area contributed by atoms with Crippen LogP contribution in [0, 0.1) is 0 Å². The van der Waals surface area contributed by atoms with Crippen LogP contribution in [0.15, 0.2) is 35.1 Å². The van der Waals surface area contributed by atoms with Crippen molar-refractivity contribution in [2.45, 2.75) is 32.5 Å². The van der Waals surface area contributed by atoms with Crippen molar-refractivity contribution < 1.29 is 22.7 Å². The smallest absolute Gasteiger partial charge is 0.377 e. The van der Waals surface area contributed by atoms with Crippen LogP contribution in [-0.4, -0.2) is 38.3 Å². The van der Waals surface area contributed by atoms with Crippen molar-refractivity contribution in [3.8, 4) is 0 Å². The third-order valence-corrected chi connectivity index (χ3v) is 5.47. The number of aryl methyl sites for hydroxylation is 1. The maximum atomic E-state index is 12.8. The van der Waals surface area contributed by atoms with Gasteiger partial charge in [0.05, 0.1) is 29.5 Å². The number of nitrogens with one attached hydrogen (secondary N) is 1. The molecule has 0 bridgehead atoms. The number of nitrogens with zero attached hydrogens (tertiary/aromatic N) is 4. The normalized spacial score (nSPS) is 14.4. The van der Waals surface area contributed by atoms with Crippen molar-refractivity contribution in [3.05, 3.63) is 62.8 Å². The Morgan fingerprint density at radius 3 is 2.73 bits per heavy atom. The fourth-order valence-electron chi connectivity index (χ4n) is 3.49. The molecule has 2 aromatic heterocycles. The van der Waals surface area contributed by atoms with Crippen LogP contribution >= 0.6 is 11.6 Å². The topological polar surface area (TPSA) is 90.5 Å². The van der Waals surface area contributed by atoms with Gasteiger partial charge < -0.3 is 14.6 Å². The summed E-state index contributed by atoms with van der Waals surface area (Å²) in [4.78, 5) is 29.8. The highest BCUT2D eigenvalue weighted by Crippen LogP contribution is 2.33. The maximum absolute atomic E-state index is 12.8. The van der Waals surface area contributed by atoms with Crippen LogP contribution in [-0.2, 0) is 28.7 Å². The number of rotatable bonds is 5. The predicted molar refractivity (Wildman–Crippen MR) is 115 cm³/mol. The fourth-order valence-corrected chi connectivity index (χ4v) is 3.72. The minimum absolute atomic E-state index is 0.0410. The van der Waals surface area contributed by atoms with Crippen molar-refractivity contribution in [2.75, 3.05) is 18.5 Å². The number of alkyl halides is 3. The molecule has 0 atom stereocenters. The summed E-state index contributed by atoms with van der Waals surface area (Å²) in [5.41, 5.74) is 0.144. The molecular weight excluding hydrogens is 463 g/mol. The van der Waals surface area contributed by atoms with Crippen LogP contribution in [0.3, 0.4) is 0 Å². The van der Waals surface area contributed by atoms with Gasteiger partial charge >= 0.3 is 6.18 Å². The number of ether oxygens (including phenoxy) is 1. The summed E-state index contributed by atoms with van der Waals surface area (Å²) in [5.74, 6) is 0.0192. The highest BCUT2D eigenvalue weighted by molar-refractivity contribution is 6.33. The number of aromatic nitrogens is 4. The van der Waals surface area contributed by atoms with Gasteiger partial charge in [-0.15, -0.1) is 5.10 Å². The van der Waals surface area contributed by atoms with Gasteiger partial charge in [-0.05, 0) is 36.6 Å². The molecule has 12 heteroatoms. The Hall–Kier alpha value is -3.18. The number of carbonyl (C=O) groups excluding carboxylic acids is 1. The lowest BCUT2D eigenvalue weighted by Crippen LogP contribution is -2.26. The first-order chi connectivity index (χ1) is 15.7. The molecule has 3 aromatic rings. The van der Waals surface area contributed by atoms with E-state index >= 15 is 0 Å². The number of hydrogen-bond donors (Lipinski definition) is 1. The summed E-state index contributed by atoms with van der Waals surface area (Å²) < 4.78 is 46.5. The van der Waals surface area contributed by atoms with Crippen LogP contribution < -0.4 is 10.9 Å². The molecule has 0 unspecified atom stereocenters. The van der Waals surface area contributed by atoms with E-state index in [0.29, 0.717) is 37.6 Å². The monoisotopic (exact) mass is 481 g/mol. The summed E-state index contributed by atoms with van der Waals surface area (Å²) in [7, 11) is 0. The number of anilines is 1. The Balaban J connectivity index is 1.65. The van der Waals surface area contributed by atoms with Crippen LogP contribution in [0.25, 0.3) is 11.4 Å². The lowest BCUT2D eigenvalue weighted by atomic mass is 10.1. The quantitative estimate of drug-likeness (QED) is 0.601. The molecule has 0 saturated carbocycles. The van der Waals surface area contributed by atoms with E-state index in [1.807, 2.05) is 13.0 Å². The molecule has 8 nitrogen and oxygen atoms in total. The molecule has 1 aromatic carbocycles. The highest BCUT2D eigenvalue weighted by atomic mass is 35.5. The molecule has 33 heavy (non-hydrogen) atoms. The Labute approximate surface area is 190 Å². The average Bonchev–Trinajstić information content (AvgIpc) is 3.23. The second kappa shape index (κ2) is 8.99. The molecule has 0 fully saturated rings. The maximum Gasteiger partial charge on any atom is 0.416 e.